The molecular weight excluding hydrogens is 206 g/mol. The van der Waals surface area contributed by atoms with E-state index in [1.165, 1.54) is 19.3 Å². The minimum absolute atomic E-state index is 0.419. The topological polar surface area (TPSA) is 33.6 Å². The Balaban J connectivity index is 2.91. The van der Waals surface area contributed by atoms with Crippen LogP contribution >= 0.6 is 12.2 Å². The molecule has 0 aliphatic heterocycles. The van der Waals surface area contributed by atoms with Crippen LogP contribution in [0, 0.1) is 4.77 Å². The molecule has 0 fully saturated rings. The van der Waals surface area contributed by atoms with Crippen molar-refractivity contribution in [2.75, 3.05) is 0 Å². The molecule has 86 valence electrons. The van der Waals surface area contributed by atoms with Crippen LogP contribution in [0.2, 0.25) is 0 Å². The van der Waals surface area contributed by atoms with Gasteiger partial charge in [0.2, 0.25) is 0 Å². The summed E-state index contributed by atoms with van der Waals surface area (Å²) in [6.45, 7) is 8.72. The first-order chi connectivity index (χ1) is 7.07. The maximum Gasteiger partial charge on any atom is 0.195 e. The third-order valence-electron chi connectivity index (χ3n) is 2.66. The highest BCUT2D eigenvalue weighted by molar-refractivity contribution is 7.71. The van der Waals surface area contributed by atoms with E-state index in [2.05, 4.69) is 42.5 Å². The summed E-state index contributed by atoms with van der Waals surface area (Å²) in [5.41, 5.74) is 0. The zero-order valence-electron chi connectivity index (χ0n) is 10.1. The van der Waals surface area contributed by atoms with Crippen molar-refractivity contribution in [1.29, 1.82) is 0 Å². The fraction of sp³-hybridized carbons (Fsp3) is 0.818. The summed E-state index contributed by atoms with van der Waals surface area (Å²) in [7, 11) is 0. The SMILES string of the molecule is CCCCC(C)n1c(C(C)C)n[nH]c1=S. The number of hydrogen-bond donors (Lipinski definition) is 1. The van der Waals surface area contributed by atoms with E-state index in [0.29, 0.717) is 12.0 Å². The molecule has 1 aromatic heterocycles. The molecule has 4 heteroatoms. The first kappa shape index (κ1) is 12.4. The predicted molar refractivity (Wildman–Crippen MR) is 65.7 cm³/mol. The number of nitrogens with zero attached hydrogens (tertiary/aromatic N) is 2. The molecule has 1 N–H and O–H groups in total. The van der Waals surface area contributed by atoms with E-state index in [9.17, 15) is 0 Å². The average Bonchev–Trinajstić information content (AvgIpc) is 2.56. The molecule has 1 atom stereocenters. The van der Waals surface area contributed by atoms with Crippen molar-refractivity contribution in [1.82, 2.24) is 14.8 Å². The van der Waals surface area contributed by atoms with Gasteiger partial charge in [-0.1, -0.05) is 33.6 Å². The molecule has 0 aliphatic rings. The van der Waals surface area contributed by atoms with E-state index in [1.54, 1.807) is 0 Å². The van der Waals surface area contributed by atoms with E-state index >= 15 is 0 Å². The molecule has 0 bridgehead atoms. The summed E-state index contributed by atoms with van der Waals surface area (Å²) in [5.74, 6) is 1.49. The molecule has 0 aromatic carbocycles. The maximum atomic E-state index is 5.26. The lowest BCUT2D eigenvalue weighted by atomic mass is 10.1. The summed E-state index contributed by atoms with van der Waals surface area (Å²) in [5, 5.41) is 7.18. The zero-order valence-corrected chi connectivity index (χ0v) is 10.9. The molecule has 0 aliphatic carbocycles. The molecule has 1 rings (SSSR count). The molecule has 3 nitrogen and oxygen atoms in total. The third-order valence-corrected chi connectivity index (χ3v) is 2.95. The van der Waals surface area contributed by atoms with Gasteiger partial charge in [-0.15, -0.1) is 0 Å². The quantitative estimate of drug-likeness (QED) is 0.776. The predicted octanol–water partition coefficient (Wildman–Crippen LogP) is 3.82. The van der Waals surface area contributed by atoms with Crippen LogP contribution in [-0.4, -0.2) is 14.8 Å². The zero-order chi connectivity index (χ0) is 11.4. The number of aromatic amines is 1. The molecule has 1 unspecified atom stereocenters. The Morgan fingerprint density at radius 2 is 2.07 bits per heavy atom. The number of unbranched alkanes of at least 4 members (excludes halogenated alkanes) is 1. The van der Waals surface area contributed by atoms with Gasteiger partial charge in [-0.3, -0.25) is 5.10 Å². The lowest BCUT2D eigenvalue weighted by Gasteiger charge is -2.16. The van der Waals surface area contributed by atoms with Gasteiger partial charge in [-0.05, 0) is 25.6 Å². The molecule has 0 saturated carbocycles. The fourth-order valence-electron chi connectivity index (χ4n) is 1.78. The Morgan fingerprint density at radius 3 is 2.60 bits per heavy atom. The highest BCUT2D eigenvalue weighted by Crippen LogP contribution is 2.20. The van der Waals surface area contributed by atoms with Gasteiger partial charge >= 0.3 is 0 Å². The Labute approximate surface area is 96.9 Å². The largest absolute Gasteiger partial charge is 0.301 e. The molecule has 1 heterocycles. The van der Waals surface area contributed by atoms with E-state index < -0.39 is 0 Å². The molecule has 0 saturated heterocycles. The second-order valence-electron chi connectivity index (χ2n) is 4.40. The maximum absolute atomic E-state index is 5.26. The van der Waals surface area contributed by atoms with Gasteiger partial charge in [-0.2, -0.15) is 5.10 Å². The van der Waals surface area contributed by atoms with Gasteiger partial charge in [0.05, 0.1) is 0 Å². The van der Waals surface area contributed by atoms with Crippen LogP contribution in [0.5, 0.6) is 0 Å². The highest BCUT2D eigenvalue weighted by atomic mass is 32.1. The average molecular weight is 227 g/mol. The van der Waals surface area contributed by atoms with Crippen molar-refractivity contribution >= 4 is 12.2 Å². The molecule has 0 radical (unpaired) electrons. The van der Waals surface area contributed by atoms with Crippen molar-refractivity contribution in [3.8, 4) is 0 Å². The second-order valence-corrected chi connectivity index (χ2v) is 4.79. The minimum atomic E-state index is 0.419. The second kappa shape index (κ2) is 5.45. The van der Waals surface area contributed by atoms with Crippen molar-refractivity contribution in [2.45, 2.75) is 58.9 Å². The summed E-state index contributed by atoms with van der Waals surface area (Å²) < 4.78 is 2.91. The monoisotopic (exact) mass is 227 g/mol. The van der Waals surface area contributed by atoms with Gasteiger partial charge in [0.15, 0.2) is 4.77 Å². The number of rotatable bonds is 5. The Bertz CT molecular complexity index is 351. The van der Waals surface area contributed by atoms with Crippen LogP contribution in [0.3, 0.4) is 0 Å². The Kier molecular flexibility index (Phi) is 4.51. The smallest absolute Gasteiger partial charge is 0.195 e. The van der Waals surface area contributed by atoms with Gasteiger partial charge in [0.1, 0.15) is 5.82 Å². The van der Waals surface area contributed by atoms with Crippen molar-refractivity contribution < 1.29 is 0 Å². The van der Waals surface area contributed by atoms with Gasteiger partial charge in [-0.25, -0.2) is 0 Å². The minimum Gasteiger partial charge on any atom is -0.301 e. The van der Waals surface area contributed by atoms with Crippen LogP contribution < -0.4 is 0 Å². The van der Waals surface area contributed by atoms with Crippen LogP contribution in [0.25, 0.3) is 0 Å². The first-order valence-corrected chi connectivity index (χ1v) is 6.15. The molecule has 0 spiro atoms. The fourth-order valence-corrected chi connectivity index (χ4v) is 2.10. The Morgan fingerprint density at radius 1 is 1.40 bits per heavy atom. The number of nitrogens with one attached hydrogen (secondary N) is 1. The van der Waals surface area contributed by atoms with Crippen LogP contribution in [0.15, 0.2) is 0 Å². The summed E-state index contributed by atoms with van der Waals surface area (Å²) in [6.07, 6.45) is 3.64. The van der Waals surface area contributed by atoms with Crippen molar-refractivity contribution in [3.63, 3.8) is 0 Å². The summed E-state index contributed by atoms with van der Waals surface area (Å²) in [4.78, 5) is 0. The highest BCUT2D eigenvalue weighted by Gasteiger charge is 2.14. The molecular formula is C11H21N3S. The van der Waals surface area contributed by atoms with Crippen LogP contribution in [-0.2, 0) is 0 Å². The standard InChI is InChI=1S/C11H21N3S/c1-5-6-7-9(4)14-10(8(2)3)12-13-11(14)15/h8-9H,5-7H2,1-4H3,(H,13,15). The van der Waals surface area contributed by atoms with Crippen LogP contribution in [0.4, 0.5) is 0 Å². The van der Waals surface area contributed by atoms with Crippen LogP contribution in [0.1, 0.15) is 64.7 Å². The number of H-pyrrole nitrogens is 1. The lowest BCUT2D eigenvalue weighted by molar-refractivity contribution is 0.457. The molecule has 15 heavy (non-hydrogen) atoms. The lowest BCUT2D eigenvalue weighted by Crippen LogP contribution is -2.10. The third kappa shape index (κ3) is 2.91. The number of hydrogen-bond acceptors (Lipinski definition) is 2. The normalized spacial score (nSPS) is 13.4. The van der Waals surface area contributed by atoms with Gasteiger partial charge in [0, 0.05) is 12.0 Å². The van der Waals surface area contributed by atoms with Gasteiger partial charge in [0.25, 0.3) is 0 Å². The molecule has 1 aromatic rings. The van der Waals surface area contributed by atoms with E-state index in [1.807, 2.05) is 0 Å². The summed E-state index contributed by atoms with van der Waals surface area (Å²) >= 11 is 5.26. The molecule has 0 amide bonds. The van der Waals surface area contributed by atoms with E-state index in [0.717, 1.165) is 10.6 Å². The van der Waals surface area contributed by atoms with E-state index in [-0.39, 0.29) is 0 Å². The Hall–Kier alpha value is -0.640. The van der Waals surface area contributed by atoms with Crippen molar-refractivity contribution in [2.24, 2.45) is 0 Å². The van der Waals surface area contributed by atoms with Crippen molar-refractivity contribution in [3.05, 3.63) is 10.6 Å². The number of aromatic nitrogens is 3. The summed E-state index contributed by atoms with van der Waals surface area (Å²) in [6, 6.07) is 0.452. The van der Waals surface area contributed by atoms with E-state index in [4.69, 9.17) is 12.2 Å². The first-order valence-electron chi connectivity index (χ1n) is 5.74. The van der Waals surface area contributed by atoms with Gasteiger partial charge < -0.3 is 4.57 Å².